The van der Waals surface area contributed by atoms with Crippen molar-refractivity contribution in [3.63, 3.8) is 0 Å². The van der Waals surface area contributed by atoms with Crippen LogP contribution >= 0.6 is 0 Å². The third kappa shape index (κ3) is 5.93. The standard InChI is InChI=1S/C16H4F30O/c17-3(18,5(21,22)7(25,26)9(29,30)11(33,34)13(37,38)15(41,42)43)1-47-2-4(19,20)6(23,24)8(27,28)10(31,32)12(35,36)14(39,40)16(44,45)46/h1-2H2. The first-order valence-electron chi connectivity index (χ1n) is 9.95. The summed E-state index contributed by atoms with van der Waals surface area (Å²) in [6.45, 7) is -8.94. The average molecular weight is 782 g/mol. The molecule has 0 spiro atoms. The summed E-state index contributed by atoms with van der Waals surface area (Å²) in [6.07, 6.45) is -16.1. The Hall–Kier alpha value is -2.14. The molecule has 0 saturated heterocycles. The number of halogens is 30. The molecule has 0 aromatic heterocycles. The maximum atomic E-state index is 13.5. The Bertz CT molecular complexity index is 1020. The molecule has 0 aliphatic heterocycles. The first kappa shape index (κ1) is 44.9. The van der Waals surface area contributed by atoms with Crippen molar-refractivity contribution in [2.45, 2.75) is 83.4 Å². The van der Waals surface area contributed by atoms with E-state index >= 15 is 0 Å². The summed E-state index contributed by atoms with van der Waals surface area (Å²) >= 11 is 0. The molecular weight excluding hydrogens is 778 g/mol. The van der Waals surface area contributed by atoms with Crippen LogP contribution in [0.3, 0.4) is 0 Å². The molecule has 47 heavy (non-hydrogen) atoms. The Morgan fingerprint density at radius 3 is 0.532 bits per heavy atom. The van der Waals surface area contributed by atoms with E-state index in [-0.39, 0.29) is 0 Å². The molecule has 0 radical (unpaired) electrons. The largest absolute Gasteiger partial charge is 0.460 e. The van der Waals surface area contributed by atoms with E-state index in [0.29, 0.717) is 0 Å². The van der Waals surface area contributed by atoms with E-state index in [1.165, 1.54) is 0 Å². The lowest BCUT2D eigenvalue weighted by molar-refractivity contribution is -0.456. The van der Waals surface area contributed by atoms with Gasteiger partial charge in [0.1, 0.15) is 13.2 Å². The minimum atomic E-state index is -8.99. The number of hydrogen-bond donors (Lipinski definition) is 0. The van der Waals surface area contributed by atoms with Crippen LogP contribution in [0.1, 0.15) is 0 Å². The minimum absolute atomic E-state index is 2.32. The van der Waals surface area contributed by atoms with E-state index in [2.05, 4.69) is 4.74 Å². The normalized spacial score (nSPS) is 17.0. The second-order valence-electron chi connectivity index (χ2n) is 8.64. The van der Waals surface area contributed by atoms with Crippen molar-refractivity contribution >= 4 is 0 Å². The zero-order chi connectivity index (χ0) is 39.1. The molecule has 0 bridgehead atoms. The van der Waals surface area contributed by atoms with Gasteiger partial charge in [-0.1, -0.05) is 0 Å². The summed E-state index contributed by atoms with van der Waals surface area (Å²) in [5.41, 5.74) is 0. The van der Waals surface area contributed by atoms with Crippen LogP contribution in [-0.4, -0.2) is 96.6 Å². The number of rotatable bonds is 14. The summed E-state index contributed by atoms with van der Waals surface area (Å²) in [5.74, 6) is -103. The van der Waals surface area contributed by atoms with Gasteiger partial charge < -0.3 is 4.74 Å². The van der Waals surface area contributed by atoms with Gasteiger partial charge in [-0.2, -0.15) is 132 Å². The molecule has 0 N–H and O–H groups in total. The van der Waals surface area contributed by atoms with Crippen molar-refractivity contribution in [3.8, 4) is 0 Å². The van der Waals surface area contributed by atoms with E-state index in [1.807, 2.05) is 0 Å². The monoisotopic (exact) mass is 782 g/mol. The topological polar surface area (TPSA) is 9.23 Å². The molecule has 0 heterocycles. The second kappa shape index (κ2) is 11.2. The molecule has 0 unspecified atom stereocenters. The molecule has 31 heteroatoms. The number of ether oxygens (including phenoxy) is 1. The summed E-state index contributed by atoms with van der Waals surface area (Å²) in [7, 11) is 0. The molecule has 0 aromatic carbocycles. The quantitative estimate of drug-likeness (QED) is 0.160. The lowest BCUT2D eigenvalue weighted by atomic mass is 9.91. The first-order chi connectivity index (χ1) is 19.7. The van der Waals surface area contributed by atoms with Gasteiger partial charge in [0.2, 0.25) is 0 Å². The second-order valence-corrected chi connectivity index (χ2v) is 8.64. The predicted octanol–water partition coefficient (Wildman–Crippen LogP) is 9.75. The summed E-state index contributed by atoms with van der Waals surface area (Å²) in [4.78, 5) is 0. The highest BCUT2D eigenvalue weighted by atomic mass is 19.4. The smallest absolute Gasteiger partial charge is 0.368 e. The average Bonchev–Trinajstić information content (AvgIpc) is 2.80. The third-order valence-electron chi connectivity index (χ3n) is 5.35. The fraction of sp³-hybridized carbons (Fsp3) is 1.00. The molecule has 0 saturated carbocycles. The van der Waals surface area contributed by atoms with Crippen LogP contribution in [0.4, 0.5) is 132 Å². The van der Waals surface area contributed by atoms with E-state index < -0.39 is 96.6 Å². The summed E-state index contributed by atoms with van der Waals surface area (Å²) < 4.78 is 392. The highest BCUT2D eigenvalue weighted by Crippen LogP contribution is 2.64. The van der Waals surface area contributed by atoms with Crippen LogP contribution in [0.15, 0.2) is 0 Å². The van der Waals surface area contributed by atoms with Crippen molar-refractivity contribution in [2.75, 3.05) is 13.2 Å². The third-order valence-corrected chi connectivity index (χ3v) is 5.35. The number of hydrogen-bond acceptors (Lipinski definition) is 1. The molecule has 284 valence electrons. The fourth-order valence-electron chi connectivity index (χ4n) is 2.49. The Labute approximate surface area is 234 Å². The maximum absolute atomic E-state index is 13.5. The van der Waals surface area contributed by atoms with Gasteiger partial charge in [-0.3, -0.25) is 0 Å². The van der Waals surface area contributed by atoms with Crippen LogP contribution in [0.2, 0.25) is 0 Å². The van der Waals surface area contributed by atoms with Crippen molar-refractivity contribution in [1.29, 1.82) is 0 Å². The Morgan fingerprint density at radius 2 is 0.362 bits per heavy atom. The van der Waals surface area contributed by atoms with Gasteiger partial charge >= 0.3 is 83.4 Å². The molecule has 0 aromatic rings. The molecule has 1 nitrogen and oxygen atoms in total. The Morgan fingerprint density at radius 1 is 0.213 bits per heavy atom. The van der Waals surface area contributed by atoms with Gasteiger partial charge in [-0.05, 0) is 0 Å². The highest BCUT2D eigenvalue weighted by Gasteiger charge is 2.95. The van der Waals surface area contributed by atoms with Gasteiger partial charge in [0.15, 0.2) is 0 Å². The van der Waals surface area contributed by atoms with E-state index in [1.54, 1.807) is 0 Å². The zero-order valence-corrected chi connectivity index (χ0v) is 20.2. The maximum Gasteiger partial charge on any atom is 0.460 e. The molecule has 0 fully saturated rings. The summed E-state index contributed by atoms with van der Waals surface area (Å²) in [5, 5.41) is 0. The Balaban J connectivity index is 6.55. The van der Waals surface area contributed by atoms with Crippen LogP contribution in [0, 0.1) is 0 Å². The summed E-state index contributed by atoms with van der Waals surface area (Å²) in [6, 6.07) is 0. The SMILES string of the molecule is FC(F)(F)C(F)(F)C(F)(F)C(F)(F)C(F)(F)C(F)(F)C(F)(F)COCC(F)(F)C(F)(F)C(F)(F)C(F)(F)C(F)(F)C(F)(F)C(F)(F)F. The Kier molecular flexibility index (Phi) is 10.7. The minimum Gasteiger partial charge on any atom is -0.368 e. The van der Waals surface area contributed by atoms with Gasteiger partial charge in [0, 0.05) is 0 Å². The van der Waals surface area contributed by atoms with Gasteiger partial charge in [0.05, 0.1) is 0 Å². The molecule has 0 amide bonds. The van der Waals surface area contributed by atoms with Crippen LogP contribution in [0.25, 0.3) is 0 Å². The van der Waals surface area contributed by atoms with Crippen LogP contribution in [0.5, 0.6) is 0 Å². The molecule has 0 aliphatic carbocycles. The van der Waals surface area contributed by atoms with E-state index in [9.17, 15) is 132 Å². The van der Waals surface area contributed by atoms with Crippen molar-refractivity contribution < 1.29 is 136 Å². The molecule has 0 rings (SSSR count). The first-order valence-corrected chi connectivity index (χ1v) is 9.95. The van der Waals surface area contributed by atoms with Crippen molar-refractivity contribution in [1.82, 2.24) is 0 Å². The predicted molar refractivity (Wildman–Crippen MR) is 82.3 cm³/mol. The fourth-order valence-corrected chi connectivity index (χ4v) is 2.49. The molecular formula is C16H4F30O. The van der Waals surface area contributed by atoms with Crippen LogP contribution < -0.4 is 0 Å². The lowest BCUT2D eigenvalue weighted by Crippen LogP contribution is -2.73. The van der Waals surface area contributed by atoms with Crippen molar-refractivity contribution in [3.05, 3.63) is 0 Å². The zero-order valence-electron chi connectivity index (χ0n) is 20.2. The highest BCUT2D eigenvalue weighted by molar-refractivity contribution is 5.14. The lowest BCUT2D eigenvalue weighted by Gasteiger charge is -2.42. The van der Waals surface area contributed by atoms with E-state index in [4.69, 9.17) is 0 Å². The van der Waals surface area contributed by atoms with E-state index in [0.717, 1.165) is 0 Å². The van der Waals surface area contributed by atoms with Gasteiger partial charge in [0.25, 0.3) is 0 Å². The molecule has 0 aliphatic rings. The van der Waals surface area contributed by atoms with Crippen LogP contribution in [-0.2, 0) is 4.74 Å². The van der Waals surface area contributed by atoms with Gasteiger partial charge in [-0.25, -0.2) is 0 Å². The molecule has 0 atom stereocenters. The van der Waals surface area contributed by atoms with Crippen molar-refractivity contribution in [2.24, 2.45) is 0 Å². The number of alkyl halides is 30. The van der Waals surface area contributed by atoms with Gasteiger partial charge in [-0.15, -0.1) is 0 Å².